The molecule has 5 rings (SSSR count). The monoisotopic (exact) mass is 463 g/mol. The molecule has 0 spiro atoms. The van der Waals surface area contributed by atoms with E-state index in [0.717, 1.165) is 0 Å². The van der Waals surface area contributed by atoms with E-state index in [4.69, 9.17) is 4.74 Å². The Labute approximate surface area is 182 Å². The van der Waals surface area contributed by atoms with Crippen molar-refractivity contribution in [2.75, 3.05) is 18.1 Å². The van der Waals surface area contributed by atoms with E-state index in [1.807, 2.05) is 4.90 Å². The van der Waals surface area contributed by atoms with Gasteiger partial charge in [0.15, 0.2) is 17.4 Å². The van der Waals surface area contributed by atoms with E-state index in [-0.39, 0.29) is 11.1 Å². The minimum atomic E-state index is -5.14. The SMILES string of the molecule is Cn1nc(-c2cc(C(F)(F)F)c(F)c(O)c2F)c2cnc(N3CCOc4ncccc43)cc21. The average molecular weight is 463 g/mol. The van der Waals surface area contributed by atoms with Crippen molar-refractivity contribution in [3.63, 3.8) is 0 Å². The zero-order valence-electron chi connectivity index (χ0n) is 16.9. The predicted molar refractivity (Wildman–Crippen MR) is 107 cm³/mol. The lowest BCUT2D eigenvalue weighted by molar-refractivity contribution is -0.140. The number of benzene rings is 1. The highest BCUT2D eigenvalue weighted by molar-refractivity contribution is 5.95. The Balaban J connectivity index is 1.66. The first-order chi connectivity index (χ1) is 15.7. The van der Waals surface area contributed by atoms with Crippen molar-refractivity contribution >= 4 is 22.4 Å². The summed E-state index contributed by atoms with van der Waals surface area (Å²) in [5.74, 6) is -4.42. The summed E-state index contributed by atoms with van der Waals surface area (Å²) in [4.78, 5) is 10.4. The van der Waals surface area contributed by atoms with Crippen LogP contribution in [0.2, 0.25) is 0 Å². The fourth-order valence-electron chi connectivity index (χ4n) is 3.78. The van der Waals surface area contributed by atoms with Crippen LogP contribution in [0.3, 0.4) is 0 Å². The van der Waals surface area contributed by atoms with Crippen LogP contribution < -0.4 is 9.64 Å². The molecule has 4 heterocycles. The third-order valence-electron chi connectivity index (χ3n) is 5.33. The molecule has 0 bridgehead atoms. The molecule has 12 heteroatoms. The molecule has 4 aromatic rings. The van der Waals surface area contributed by atoms with Gasteiger partial charge in [-0.2, -0.15) is 18.3 Å². The van der Waals surface area contributed by atoms with Crippen LogP contribution in [0.5, 0.6) is 11.6 Å². The predicted octanol–water partition coefficient (Wildman–Crippen LogP) is 4.56. The first-order valence-electron chi connectivity index (χ1n) is 9.63. The van der Waals surface area contributed by atoms with Crippen LogP contribution in [-0.2, 0) is 13.2 Å². The lowest BCUT2D eigenvalue weighted by Crippen LogP contribution is -2.29. The number of hydrogen-bond acceptors (Lipinski definition) is 6. The fourth-order valence-corrected chi connectivity index (χ4v) is 3.78. The van der Waals surface area contributed by atoms with Gasteiger partial charge in [0.05, 0.1) is 17.6 Å². The lowest BCUT2D eigenvalue weighted by atomic mass is 10.0. The van der Waals surface area contributed by atoms with Crippen LogP contribution in [0.15, 0.2) is 36.7 Å². The van der Waals surface area contributed by atoms with E-state index >= 15 is 0 Å². The minimum absolute atomic E-state index is 0.214. The molecule has 0 amide bonds. The molecule has 0 atom stereocenters. The number of alkyl halides is 3. The number of aromatic nitrogens is 4. The molecular weight excluding hydrogens is 449 g/mol. The summed E-state index contributed by atoms with van der Waals surface area (Å²) in [7, 11) is 1.52. The van der Waals surface area contributed by atoms with Crippen LogP contribution >= 0.6 is 0 Å². The molecule has 0 saturated heterocycles. The molecule has 0 aliphatic carbocycles. The maximum atomic E-state index is 14.6. The number of rotatable bonds is 2. The smallest absolute Gasteiger partial charge is 0.419 e. The molecule has 1 aliphatic heterocycles. The highest BCUT2D eigenvalue weighted by Crippen LogP contribution is 2.42. The molecule has 170 valence electrons. The summed E-state index contributed by atoms with van der Waals surface area (Å²) >= 11 is 0. The van der Waals surface area contributed by atoms with Crippen molar-refractivity contribution in [2.24, 2.45) is 7.05 Å². The van der Waals surface area contributed by atoms with Gasteiger partial charge in [-0.1, -0.05) is 0 Å². The Bertz CT molecular complexity index is 1400. The van der Waals surface area contributed by atoms with E-state index in [1.54, 1.807) is 24.4 Å². The van der Waals surface area contributed by atoms with E-state index in [2.05, 4.69) is 15.1 Å². The molecule has 1 aromatic carbocycles. The van der Waals surface area contributed by atoms with Gasteiger partial charge in [0.1, 0.15) is 23.8 Å². The minimum Gasteiger partial charge on any atom is -0.503 e. The van der Waals surface area contributed by atoms with Crippen LogP contribution in [0.25, 0.3) is 22.2 Å². The molecule has 0 fully saturated rings. The van der Waals surface area contributed by atoms with E-state index in [9.17, 15) is 27.1 Å². The normalized spacial score (nSPS) is 13.8. The molecule has 3 aromatic heterocycles. The number of hydrogen-bond donors (Lipinski definition) is 1. The second-order valence-electron chi connectivity index (χ2n) is 7.31. The maximum absolute atomic E-state index is 14.6. The van der Waals surface area contributed by atoms with Gasteiger partial charge in [0.25, 0.3) is 0 Å². The maximum Gasteiger partial charge on any atom is 0.419 e. The van der Waals surface area contributed by atoms with E-state index in [1.165, 1.54) is 17.9 Å². The third kappa shape index (κ3) is 3.29. The second-order valence-corrected chi connectivity index (χ2v) is 7.31. The van der Waals surface area contributed by atoms with Crippen molar-refractivity contribution in [1.29, 1.82) is 0 Å². The van der Waals surface area contributed by atoms with E-state index in [0.29, 0.717) is 42.1 Å². The number of nitrogens with zero attached hydrogens (tertiary/aromatic N) is 5. The molecule has 33 heavy (non-hydrogen) atoms. The quantitative estimate of drug-likeness (QED) is 0.439. The summed E-state index contributed by atoms with van der Waals surface area (Å²) in [6.45, 7) is 0.831. The number of aryl methyl sites for hydroxylation is 1. The Kier molecular flexibility index (Phi) is 4.62. The van der Waals surface area contributed by atoms with Crippen molar-refractivity contribution in [1.82, 2.24) is 19.7 Å². The number of aromatic hydroxyl groups is 1. The number of phenolic OH excluding ortho intramolecular Hbond substituents is 1. The molecule has 1 aliphatic rings. The van der Waals surface area contributed by atoms with Crippen LogP contribution in [0.4, 0.5) is 33.5 Å². The standard InChI is InChI=1S/C21H14F5N5O2/c1-30-14-8-15(31-5-6-33-20-13(31)3-2-4-27-20)28-9-11(14)18(29-30)10-7-12(21(24,25)26)17(23)19(32)16(10)22/h2-4,7-9,32H,5-6H2,1H3. The second kappa shape index (κ2) is 7.29. The number of ether oxygens (including phenoxy) is 1. The number of halogens is 5. The molecule has 0 unspecified atom stereocenters. The number of anilines is 2. The van der Waals surface area contributed by atoms with Gasteiger partial charge in [-0.25, -0.2) is 18.7 Å². The Morgan fingerprint density at radius 3 is 2.67 bits per heavy atom. The average Bonchev–Trinajstić information content (AvgIpc) is 3.12. The highest BCUT2D eigenvalue weighted by atomic mass is 19.4. The van der Waals surface area contributed by atoms with Crippen molar-refractivity contribution in [2.45, 2.75) is 6.18 Å². The first-order valence-corrected chi connectivity index (χ1v) is 9.63. The zero-order chi connectivity index (χ0) is 23.5. The number of fused-ring (bicyclic) bond motifs is 2. The lowest BCUT2D eigenvalue weighted by Gasteiger charge is -2.29. The number of phenols is 1. The van der Waals surface area contributed by atoms with Gasteiger partial charge in [0, 0.05) is 36.5 Å². The summed E-state index contributed by atoms with van der Waals surface area (Å²) in [5.41, 5.74) is -1.58. The third-order valence-corrected chi connectivity index (χ3v) is 5.33. The molecule has 0 saturated carbocycles. The fraction of sp³-hybridized carbons (Fsp3) is 0.190. The summed E-state index contributed by atoms with van der Waals surface area (Å²) < 4.78 is 75.1. The van der Waals surface area contributed by atoms with Crippen molar-refractivity contribution < 1.29 is 31.8 Å². The van der Waals surface area contributed by atoms with Crippen LogP contribution in [-0.4, -0.2) is 38.0 Å². The van der Waals surface area contributed by atoms with Gasteiger partial charge >= 0.3 is 6.18 Å². The Hall–Kier alpha value is -3.96. The summed E-state index contributed by atoms with van der Waals surface area (Å²) in [6.07, 6.45) is -2.21. The molecular formula is C21H14F5N5O2. The summed E-state index contributed by atoms with van der Waals surface area (Å²) in [6, 6.07) is 5.48. The largest absolute Gasteiger partial charge is 0.503 e. The van der Waals surface area contributed by atoms with Crippen molar-refractivity contribution in [3.05, 3.63) is 53.9 Å². The van der Waals surface area contributed by atoms with Gasteiger partial charge in [0.2, 0.25) is 5.88 Å². The Morgan fingerprint density at radius 2 is 1.91 bits per heavy atom. The van der Waals surface area contributed by atoms with E-state index < -0.39 is 34.7 Å². The topological polar surface area (TPSA) is 76.3 Å². The Morgan fingerprint density at radius 1 is 1.12 bits per heavy atom. The van der Waals surface area contributed by atoms with Crippen LogP contribution in [0, 0.1) is 11.6 Å². The molecule has 0 radical (unpaired) electrons. The van der Waals surface area contributed by atoms with Crippen LogP contribution in [0.1, 0.15) is 5.56 Å². The van der Waals surface area contributed by atoms with Gasteiger partial charge in [-0.05, 0) is 18.2 Å². The first kappa shape index (κ1) is 20.9. The molecule has 1 N–H and O–H groups in total. The van der Waals surface area contributed by atoms with Crippen molar-refractivity contribution in [3.8, 4) is 22.9 Å². The number of pyridine rings is 2. The van der Waals surface area contributed by atoms with Gasteiger partial charge in [-0.15, -0.1) is 0 Å². The summed E-state index contributed by atoms with van der Waals surface area (Å²) in [5, 5.41) is 14.0. The zero-order valence-corrected chi connectivity index (χ0v) is 16.9. The molecule has 7 nitrogen and oxygen atoms in total. The highest BCUT2D eigenvalue weighted by Gasteiger charge is 2.38. The van der Waals surface area contributed by atoms with Gasteiger partial charge < -0.3 is 14.7 Å². The van der Waals surface area contributed by atoms with Gasteiger partial charge in [-0.3, -0.25) is 4.68 Å².